The molecule has 0 spiro atoms. The van der Waals surface area contributed by atoms with Crippen molar-refractivity contribution in [2.75, 3.05) is 0 Å². The van der Waals surface area contributed by atoms with Gasteiger partial charge in [-0.3, -0.25) is 4.99 Å². The van der Waals surface area contributed by atoms with Crippen molar-refractivity contribution < 1.29 is 9.90 Å². The molecule has 0 N–H and O–H groups in total. The maximum absolute atomic E-state index is 10.8. The first-order chi connectivity index (χ1) is 7.65. The van der Waals surface area contributed by atoms with Crippen molar-refractivity contribution >= 4 is 11.7 Å². The average Bonchev–Trinajstić information content (AvgIpc) is 2.28. The molecule has 0 bridgehead atoms. The SMILES string of the molecule is CCC(C(=O)[O-])C(C)=NCc1ccccc1. The van der Waals surface area contributed by atoms with E-state index in [9.17, 15) is 9.90 Å². The molecular weight excluding hydrogens is 202 g/mol. The second-order valence-corrected chi connectivity index (χ2v) is 3.72. The summed E-state index contributed by atoms with van der Waals surface area (Å²) in [6.45, 7) is 4.09. The summed E-state index contributed by atoms with van der Waals surface area (Å²) in [5, 5.41) is 10.8. The fraction of sp³-hybridized carbons (Fsp3) is 0.385. The molecule has 1 aromatic carbocycles. The van der Waals surface area contributed by atoms with E-state index >= 15 is 0 Å². The number of aliphatic imine (C=N–C) groups is 1. The van der Waals surface area contributed by atoms with E-state index in [-0.39, 0.29) is 0 Å². The molecule has 0 aliphatic carbocycles. The normalized spacial score (nSPS) is 13.5. The first kappa shape index (κ1) is 12.4. The number of hydrogen-bond donors (Lipinski definition) is 0. The van der Waals surface area contributed by atoms with Gasteiger partial charge < -0.3 is 9.90 Å². The van der Waals surface area contributed by atoms with Gasteiger partial charge in [-0.1, -0.05) is 37.3 Å². The van der Waals surface area contributed by atoms with Gasteiger partial charge in [0.15, 0.2) is 0 Å². The minimum absolute atomic E-state index is 0.520. The Morgan fingerprint density at radius 2 is 2.00 bits per heavy atom. The van der Waals surface area contributed by atoms with Crippen LogP contribution in [0.5, 0.6) is 0 Å². The highest BCUT2D eigenvalue weighted by molar-refractivity contribution is 5.99. The van der Waals surface area contributed by atoms with E-state index in [1.165, 1.54) is 0 Å². The molecule has 0 aromatic heterocycles. The molecular formula is C13H16NO2-. The molecule has 0 aliphatic heterocycles. The number of nitrogens with zero attached hydrogens (tertiary/aromatic N) is 1. The molecule has 3 heteroatoms. The van der Waals surface area contributed by atoms with E-state index < -0.39 is 11.9 Å². The largest absolute Gasteiger partial charge is 0.549 e. The number of carbonyl (C=O) groups is 1. The third kappa shape index (κ3) is 3.50. The molecule has 16 heavy (non-hydrogen) atoms. The van der Waals surface area contributed by atoms with Crippen LogP contribution in [0.4, 0.5) is 0 Å². The number of carboxylic acids is 1. The molecule has 0 saturated heterocycles. The first-order valence-electron chi connectivity index (χ1n) is 5.41. The smallest absolute Gasteiger partial charge is 0.0639 e. The van der Waals surface area contributed by atoms with Crippen molar-refractivity contribution in [3.05, 3.63) is 35.9 Å². The predicted molar refractivity (Wildman–Crippen MR) is 62.0 cm³/mol. The van der Waals surface area contributed by atoms with Gasteiger partial charge in [0.05, 0.1) is 12.5 Å². The van der Waals surface area contributed by atoms with E-state index in [0.29, 0.717) is 18.7 Å². The Bertz CT molecular complexity index is 371. The van der Waals surface area contributed by atoms with Crippen molar-refractivity contribution in [3.8, 4) is 0 Å². The number of aliphatic carboxylic acids is 1. The van der Waals surface area contributed by atoms with Crippen LogP contribution in [-0.4, -0.2) is 11.7 Å². The minimum Gasteiger partial charge on any atom is -0.549 e. The quantitative estimate of drug-likeness (QED) is 0.702. The van der Waals surface area contributed by atoms with Crippen LogP contribution in [0.1, 0.15) is 25.8 Å². The lowest BCUT2D eigenvalue weighted by Crippen LogP contribution is -2.35. The summed E-state index contributed by atoms with van der Waals surface area (Å²) in [5.41, 5.74) is 1.71. The highest BCUT2D eigenvalue weighted by atomic mass is 16.4. The van der Waals surface area contributed by atoms with Gasteiger partial charge in [0, 0.05) is 11.6 Å². The van der Waals surface area contributed by atoms with Gasteiger partial charge in [-0.15, -0.1) is 0 Å². The van der Waals surface area contributed by atoms with Crippen molar-refractivity contribution in [1.29, 1.82) is 0 Å². The highest BCUT2D eigenvalue weighted by Gasteiger charge is 2.10. The zero-order chi connectivity index (χ0) is 12.0. The monoisotopic (exact) mass is 218 g/mol. The molecule has 0 aliphatic rings. The van der Waals surface area contributed by atoms with E-state index in [4.69, 9.17) is 0 Å². The van der Waals surface area contributed by atoms with Crippen LogP contribution in [0.3, 0.4) is 0 Å². The third-order valence-electron chi connectivity index (χ3n) is 2.55. The van der Waals surface area contributed by atoms with Crippen molar-refractivity contribution in [1.82, 2.24) is 0 Å². The van der Waals surface area contributed by atoms with Crippen LogP contribution >= 0.6 is 0 Å². The average molecular weight is 218 g/mol. The lowest BCUT2D eigenvalue weighted by Gasteiger charge is -2.15. The Morgan fingerprint density at radius 3 is 2.50 bits per heavy atom. The molecule has 0 heterocycles. The van der Waals surface area contributed by atoms with Gasteiger partial charge in [-0.05, 0) is 18.9 Å². The number of carbonyl (C=O) groups excluding carboxylic acids is 1. The Balaban J connectivity index is 2.67. The molecule has 0 saturated carbocycles. The summed E-state index contributed by atoms with van der Waals surface area (Å²) in [5.74, 6) is -1.61. The summed E-state index contributed by atoms with van der Waals surface area (Å²) in [4.78, 5) is 15.1. The van der Waals surface area contributed by atoms with Crippen LogP contribution in [0.15, 0.2) is 35.3 Å². The highest BCUT2D eigenvalue weighted by Crippen LogP contribution is 2.07. The molecule has 1 rings (SSSR count). The summed E-state index contributed by atoms with van der Waals surface area (Å²) < 4.78 is 0. The van der Waals surface area contributed by atoms with E-state index in [1.807, 2.05) is 37.3 Å². The lowest BCUT2D eigenvalue weighted by molar-refractivity contribution is -0.308. The molecule has 0 radical (unpaired) electrons. The summed E-state index contributed by atoms with van der Waals surface area (Å²) in [6, 6.07) is 9.76. The molecule has 3 nitrogen and oxygen atoms in total. The van der Waals surface area contributed by atoms with Crippen molar-refractivity contribution in [3.63, 3.8) is 0 Å². The van der Waals surface area contributed by atoms with Crippen molar-refractivity contribution in [2.45, 2.75) is 26.8 Å². The predicted octanol–water partition coefficient (Wildman–Crippen LogP) is 1.42. The third-order valence-corrected chi connectivity index (χ3v) is 2.55. The van der Waals surface area contributed by atoms with Gasteiger partial charge in [0.2, 0.25) is 0 Å². The van der Waals surface area contributed by atoms with Crippen LogP contribution in [-0.2, 0) is 11.3 Å². The number of benzene rings is 1. The number of rotatable bonds is 5. The molecule has 86 valence electrons. The van der Waals surface area contributed by atoms with Gasteiger partial charge in [-0.25, -0.2) is 0 Å². The van der Waals surface area contributed by atoms with E-state index in [0.717, 1.165) is 5.56 Å². The fourth-order valence-corrected chi connectivity index (χ4v) is 1.54. The lowest BCUT2D eigenvalue weighted by atomic mass is 10.0. The van der Waals surface area contributed by atoms with Crippen LogP contribution in [0.25, 0.3) is 0 Å². The second-order valence-electron chi connectivity index (χ2n) is 3.72. The summed E-state index contributed by atoms with van der Waals surface area (Å²) in [6.07, 6.45) is 0.520. The molecule has 1 aromatic rings. The fourth-order valence-electron chi connectivity index (χ4n) is 1.54. The molecule has 0 fully saturated rings. The Hall–Kier alpha value is -1.64. The Kier molecular flexibility index (Phi) is 4.70. The summed E-state index contributed by atoms with van der Waals surface area (Å²) in [7, 11) is 0. The minimum atomic E-state index is -1.04. The summed E-state index contributed by atoms with van der Waals surface area (Å²) >= 11 is 0. The van der Waals surface area contributed by atoms with Gasteiger partial charge in [-0.2, -0.15) is 0 Å². The molecule has 1 atom stereocenters. The van der Waals surface area contributed by atoms with Crippen LogP contribution in [0.2, 0.25) is 0 Å². The topological polar surface area (TPSA) is 52.5 Å². The van der Waals surface area contributed by atoms with Gasteiger partial charge in [0.25, 0.3) is 0 Å². The first-order valence-corrected chi connectivity index (χ1v) is 5.41. The Morgan fingerprint density at radius 1 is 1.38 bits per heavy atom. The van der Waals surface area contributed by atoms with Gasteiger partial charge >= 0.3 is 0 Å². The van der Waals surface area contributed by atoms with Crippen LogP contribution < -0.4 is 5.11 Å². The van der Waals surface area contributed by atoms with Crippen molar-refractivity contribution in [2.24, 2.45) is 10.9 Å². The standard InChI is InChI=1S/C13H17NO2/c1-3-12(13(15)16)10(2)14-9-11-7-5-4-6-8-11/h4-8,12H,3,9H2,1-2H3,(H,15,16)/p-1. The number of carboxylic acid groups (broad SMARTS) is 1. The molecule has 1 unspecified atom stereocenters. The van der Waals surface area contributed by atoms with E-state index in [1.54, 1.807) is 6.92 Å². The van der Waals surface area contributed by atoms with Crippen LogP contribution in [0, 0.1) is 5.92 Å². The molecule has 0 amide bonds. The Labute approximate surface area is 95.8 Å². The zero-order valence-corrected chi connectivity index (χ0v) is 9.64. The zero-order valence-electron chi connectivity index (χ0n) is 9.64. The van der Waals surface area contributed by atoms with Gasteiger partial charge in [0.1, 0.15) is 0 Å². The van der Waals surface area contributed by atoms with E-state index in [2.05, 4.69) is 4.99 Å². The maximum atomic E-state index is 10.8. The second kappa shape index (κ2) is 6.05. The maximum Gasteiger partial charge on any atom is 0.0639 e. The number of hydrogen-bond acceptors (Lipinski definition) is 3.